The quantitative estimate of drug-likeness (QED) is 0.158. The molecule has 3 atom stereocenters. The van der Waals surface area contributed by atoms with E-state index in [1.54, 1.807) is 0 Å². The van der Waals surface area contributed by atoms with Gasteiger partial charge in [0.1, 0.15) is 5.78 Å². The molecule has 1 radical (unpaired) electrons. The first kappa shape index (κ1) is 28.2. The molecule has 0 aromatic rings. The Labute approximate surface area is 202 Å². The van der Waals surface area contributed by atoms with E-state index in [4.69, 9.17) is 19.0 Å². The van der Waals surface area contributed by atoms with Crippen LogP contribution in [0, 0.1) is 11.8 Å². The first-order chi connectivity index (χ1) is 15.9. The first-order valence-corrected chi connectivity index (χ1v) is 15.4. The monoisotopic (exact) mass is 481 g/mol. The van der Waals surface area contributed by atoms with Gasteiger partial charge in [-0.3, -0.25) is 9.59 Å². The molecule has 0 spiro atoms. The number of ether oxygens (including phenoxy) is 2. The fraction of sp³-hybridized carbons (Fsp3) is 0.846. The Hall–Kier alpha value is -1.02. The van der Waals surface area contributed by atoms with Crippen molar-refractivity contribution in [3.63, 3.8) is 0 Å². The second-order valence-electron chi connectivity index (χ2n) is 9.81. The second kappa shape index (κ2) is 15.1. The molecule has 6 nitrogen and oxygen atoms in total. The number of hydrogen-bond acceptors (Lipinski definition) is 5. The van der Waals surface area contributed by atoms with Gasteiger partial charge in [0.15, 0.2) is 5.79 Å². The van der Waals surface area contributed by atoms with Crippen LogP contribution in [0.4, 0.5) is 0 Å². The minimum Gasteiger partial charge on any atom is -0.481 e. The SMILES string of the molecule is CCCCCCCC1(CC[C@H]2[C@H](O[Si](C)C)CC(=O)[C@@H]2C/C=C\CCCC(=O)O)OCCO1. The van der Waals surface area contributed by atoms with Crippen molar-refractivity contribution in [1.29, 1.82) is 0 Å². The van der Waals surface area contributed by atoms with E-state index in [0.29, 0.717) is 38.3 Å². The lowest BCUT2D eigenvalue weighted by molar-refractivity contribution is -0.171. The molecule has 33 heavy (non-hydrogen) atoms. The summed E-state index contributed by atoms with van der Waals surface area (Å²) < 4.78 is 18.5. The molecule has 2 rings (SSSR count). The van der Waals surface area contributed by atoms with E-state index in [0.717, 1.165) is 32.1 Å². The zero-order valence-electron chi connectivity index (χ0n) is 21.0. The number of carbonyl (C=O) groups is 2. The standard InChI is InChI=1S/C26H45O6Si/c1-4-5-6-9-12-16-26(30-18-19-31-26)17-15-22-21(13-10-7-8-11-14-25(28)29)23(27)20-24(22)32-33(2)3/h7,10,21-22,24H,4-6,8-9,11-20H2,1-3H3,(H,28,29)/b10-7-/t21-,22-,24-/m1/s1. The number of hydrogen-bond donors (Lipinski definition) is 1. The third-order valence-corrected chi connectivity index (χ3v) is 7.62. The van der Waals surface area contributed by atoms with Crippen molar-refractivity contribution in [2.24, 2.45) is 11.8 Å². The minimum atomic E-state index is -0.899. The predicted molar refractivity (Wildman–Crippen MR) is 131 cm³/mol. The van der Waals surface area contributed by atoms with E-state index in [9.17, 15) is 9.59 Å². The maximum atomic E-state index is 12.9. The topological polar surface area (TPSA) is 82.1 Å². The van der Waals surface area contributed by atoms with Gasteiger partial charge in [-0.15, -0.1) is 0 Å². The highest BCUT2D eigenvalue weighted by Crippen LogP contribution is 2.41. The van der Waals surface area contributed by atoms with Crippen LogP contribution in [-0.4, -0.2) is 51.0 Å². The van der Waals surface area contributed by atoms with Gasteiger partial charge in [0, 0.05) is 31.6 Å². The molecular formula is C26H45O6Si. The van der Waals surface area contributed by atoms with E-state index in [1.807, 2.05) is 6.08 Å². The number of carboxylic acid groups (broad SMARTS) is 1. The summed E-state index contributed by atoms with van der Waals surface area (Å²) in [5.41, 5.74) is 0. The number of ketones is 1. The first-order valence-electron chi connectivity index (χ1n) is 13.0. The predicted octanol–water partition coefficient (Wildman–Crippen LogP) is 5.91. The third kappa shape index (κ3) is 10.0. The van der Waals surface area contributed by atoms with E-state index in [-0.39, 0.29) is 24.4 Å². The molecule has 0 bridgehead atoms. The van der Waals surface area contributed by atoms with Gasteiger partial charge < -0.3 is 19.0 Å². The maximum absolute atomic E-state index is 12.9. The van der Waals surface area contributed by atoms with Crippen molar-refractivity contribution in [3.8, 4) is 0 Å². The molecule has 1 saturated heterocycles. The summed E-state index contributed by atoms with van der Waals surface area (Å²) in [4.78, 5) is 23.6. The van der Waals surface area contributed by atoms with Crippen molar-refractivity contribution in [3.05, 3.63) is 12.2 Å². The highest BCUT2D eigenvalue weighted by atomic mass is 28.3. The Balaban J connectivity index is 1.95. The number of aliphatic carboxylic acids is 1. The van der Waals surface area contributed by atoms with Crippen molar-refractivity contribution in [2.75, 3.05) is 13.2 Å². The number of allylic oxidation sites excluding steroid dienone is 2. The van der Waals surface area contributed by atoms with Crippen molar-refractivity contribution >= 4 is 20.8 Å². The highest BCUT2D eigenvalue weighted by molar-refractivity contribution is 6.48. The summed E-state index contributed by atoms with van der Waals surface area (Å²) in [7, 11) is -0.899. The van der Waals surface area contributed by atoms with E-state index >= 15 is 0 Å². The average molecular weight is 482 g/mol. The summed E-state index contributed by atoms with van der Waals surface area (Å²) >= 11 is 0. The third-order valence-electron chi connectivity index (χ3n) is 6.85. The molecule has 0 aromatic heterocycles. The molecule has 1 heterocycles. The van der Waals surface area contributed by atoms with Crippen LogP contribution in [0.5, 0.6) is 0 Å². The van der Waals surface area contributed by atoms with Crippen LogP contribution in [0.3, 0.4) is 0 Å². The molecule has 1 N–H and O–H groups in total. The Bertz CT molecular complexity index is 614. The smallest absolute Gasteiger partial charge is 0.303 e. The van der Waals surface area contributed by atoms with E-state index < -0.39 is 20.8 Å². The molecule has 1 aliphatic heterocycles. The lowest BCUT2D eigenvalue weighted by Gasteiger charge is -2.31. The Morgan fingerprint density at radius 1 is 1.12 bits per heavy atom. The molecular weight excluding hydrogens is 436 g/mol. The van der Waals surface area contributed by atoms with Gasteiger partial charge in [0.2, 0.25) is 9.04 Å². The van der Waals surface area contributed by atoms with Crippen molar-refractivity contribution < 1.29 is 28.6 Å². The molecule has 1 saturated carbocycles. The van der Waals surface area contributed by atoms with Gasteiger partial charge in [-0.25, -0.2) is 0 Å². The zero-order valence-corrected chi connectivity index (χ0v) is 22.0. The van der Waals surface area contributed by atoms with Crippen LogP contribution in [0.1, 0.15) is 90.4 Å². The number of unbranched alkanes of at least 4 members (excludes halogenated alkanes) is 5. The highest BCUT2D eigenvalue weighted by Gasteiger charge is 2.45. The number of Topliss-reactive ketones (excluding diaryl/α,β-unsaturated/α-hetero) is 1. The fourth-order valence-corrected chi connectivity index (χ4v) is 6.01. The molecule has 189 valence electrons. The Morgan fingerprint density at radius 3 is 2.52 bits per heavy atom. The van der Waals surface area contributed by atoms with Gasteiger partial charge in [-0.2, -0.15) is 0 Å². The van der Waals surface area contributed by atoms with Crippen LogP contribution in [0.25, 0.3) is 0 Å². The summed E-state index contributed by atoms with van der Waals surface area (Å²) in [5, 5.41) is 8.77. The maximum Gasteiger partial charge on any atom is 0.303 e. The summed E-state index contributed by atoms with van der Waals surface area (Å²) in [6, 6.07) is 0. The van der Waals surface area contributed by atoms with Crippen molar-refractivity contribution in [2.45, 2.75) is 115 Å². The normalized spacial score (nSPS) is 25.0. The van der Waals surface area contributed by atoms with Gasteiger partial charge in [0.25, 0.3) is 0 Å². The van der Waals surface area contributed by atoms with Gasteiger partial charge >= 0.3 is 5.97 Å². The summed E-state index contributed by atoms with van der Waals surface area (Å²) in [6.07, 6.45) is 15.6. The van der Waals surface area contributed by atoms with Crippen LogP contribution < -0.4 is 0 Å². The Morgan fingerprint density at radius 2 is 1.85 bits per heavy atom. The molecule has 1 aliphatic carbocycles. The summed E-state index contributed by atoms with van der Waals surface area (Å²) in [5.74, 6) is -0.806. The molecule has 0 unspecified atom stereocenters. The molecule has 0 aromatic carbocycles. The van der Waals surface area contributed by atoms with Gasteiger partial charge in [-0.05, 0) is 51.1 Å². The fourth-order valence-electron chi connectivity index (χ4n) is 5.15. The van der Waals surface area contributed by atoms with Crippen LogP contribution >= 0.6 is 0 Å². The largest absolute Gasteiger partial charge is 0.481 e. The molecule has 0 amide bonds. The zero-order chi connectivity index (χ0) is 24.1. The average Bonchev–Trinajstić information content (AvgIpc) is 3.33. The number of rotatable bonds is 17. The lowest BCUT2D eigenvalue weighted by Crippen LogP contribution is -2.34. The second-order valence-corrected chi connectivity index (χ2v) is 11.9. The van der Waals surface area contributed by atoms with Crippen molar-refractivity contribution in [1.82, 2.24) is 0 Å². The molecule has 7 heteroatoms. The number of carboxylic acids is 1. The van der Waals surface area contributed by atoms with Crippen LogP contribution in [-0.2, 0) is 23.5 Å². The lowest BCUT2D eigenvalue weighted by atomic mass is 9.85. The minimum absolute atomic E-state index is 0.00481. The van der Waals surface area contributed by atoms with Gasteiger partial charge in [0.05, 0.1) is 19.3 Å². The summed E-state index contributed by atoms with van der Waals surface area (Å²) in [6.45, 7) is 7.79. The Kier molecular flexibility index (Phi) is 12.9. The van der Waals surface area contributed by atoms with Crippen LogP contribution in [0.15, 0.2) is 12.2 Å². The van der Waals surface area contributed by atoms with Crippen LogP contribution in [0.2, 0.25) is 13.1 Å². The van der Waals surface area contributed by atoms with Gasteiger partial charge in [-0.1, -0.05) is 44.8 Å². The molecule has 2 fully saturated rings. The molecule has 2 aliphatic rings. The van der Waals surface area contributed by atoms with E-state index in [2.05, 4.69) is 26.1 Å². The van der Waals surface area contributed by atoms with E-state index in [1.165, 1.54) is 25.7 Å². The number of carbonyl (C=O) groups excluding carboxylic acids is 1.